The van der Waals surface area contributed by atoms with E-state index in [1.54, 1.807) is 20.0 Å². The minimum atomic E-state index is -1.07. The molecule has 0 radical (unpaired) electrons. The van der Waals surface area contributed by atoms with E-state index in [-0.39, 0.29) is 5.69 Å². The summed E-state index contributed by atoms with van der Waals surface area (Å²) < 4.78 is 0. The molecule has 1 aliphatic rings. The predicted octanol–water partition coefficient (Wildman–Crippen LogP) is 3.60. The minimum absolute atomic E-state index is 0.260. The molecular formula is C22H26N6O. The molecule has 0 bridgehead atoms. The van der Waals surface area contributed by atoms with Crippen molar-refractivity contribution < 1.29 is 5.11 Å². The standard InChI is InChI=1S/C22H26N6O/c1-22(2,29)9-8-17-13-26-20(28-21-15-24-18(11-23)14-27-21)10-19(17)25-12-16-6-4-3-5-7-16/h10,13-16,29H,3-7,12H2,1-2H3,(H2,25,26,27,28). The molecule has 0 amide bonds. The number of anilines is 3. The van der Waals surface area contributed by atoms with Crippen LogP contribution in [0.4, 0.5) is 17.3 Å². The molecule has 29 heavy (non-hydrogen) atoms. The van der Waals surface area contributed by atoms with Gasteiger partial charge in [-0.05, 0) is 32.6 Å². The summed E-state index contributed by atoms with van der Waals surface area (Å²) in [7, 11) is 0. The quantitative estimate of drug-likeness (QED) is 0.670. The number of rotatable bonds is 5. The first-order valence-electron chi connectivity index (χ1n) is 9.91. The summed E-state index contributed by atoms with van der Waals surface area (Å²) in [6.45, 7) is 4.20. The number of hydrogen-bond acceptors (Lipinski definition) is 7. The van der Waals surface area contributed by atoms with E-state index in [4.69, 9.17) is 5.26 Å². The normalized spacial score (nSPS) is 14.4. The molecule has 0 aliphatic heterocycles. The number of aromatic nitrogens is 3. The van der Waals surface area contributed by atoms with E-state index >= 15 is 0 Å². The van der Waals surface area contributed by atoms with Gasteiger partial charge in [-0.25, -0.2) is 15.0 Å². The summed E-state index contributed by atoms with van der Waals surface area (Å²) in [5.74, 6) is 7.65. The Kier molecular flexibility index (Phi) is 6.64. The van der Waals surface area contributed by atoms with Gasteiger partial charge in [-0.1, -0.05) is 31.1 Å². The van der Waals surface area contributed by atoms with Crippen molar-refractivity contribution in [3.63, 3.8) is 0 Å². The smallest absolute Gasteiger partial charge is 0.158 e. The molecule has 3 N–H and O–H groups in total. The highest BCUT2D eigenvalue weighted by Crippen LogP contribution is 2.26. The lowest BCUT2D eigenvalue weighted by molar-refractivity contribution is 0.143. The van der Waals surface area contributed by atoms with Crippen molar-refractivity contribution in [1.82, 2.24) is 15.0 Å². The van der Waals surface area contributed by atoms with Crippen molar-refractivity contribution in [2.75, 3.05) is 17.2 Å². The maximum absolute atomic E-state index is 9.93. The number of nitriles is 1. The van der Waals surface area contributed by atoms with Crippen LogP contribution in [0.3, 0.4) is 0 Å². The SMILES string of the molecule is CC(C)(O)C#Cc1cnc(Nc2cnc(C#N)cn2)cc1NCC1CCCCC1. The van der Waals surface area contributed by atoms with Crippen LogP contribution in [-0.2, 0) is 0 Å². The van der Waals surface area contributed by atoms with E-state index in [9.17, 15) is 5.11 Å². The molecular weight excluding hydrogens is 364 g/mol. The summed E-state index contributed by atoms with van der Waals surface area (Å²) in [5, 5.41) is 25.4. The van der Waals surface area contributed by atoms with E-state index in [0.717, 1.165) is 17.8 Å². The monoisotopic (exact) mass is 390 g/mol. The first-order chi connectivity index (χ1) is 13.9. The number of pyridine rings is 1. The molecule has 3 rings (SSSR count). The Morgan fingerprint density at radius 2 is 1.86 bits per heavy atom. The molecule has 7 nitrogen and oxygen atoms in total. The first-order valence-corrected chi connectivity index (χ1v) is 9.91. The third-order valence-corrected chi connectivity index (χ3v) is 4.74. The lowest BCUT2D eigenvalue weighted by atomic mass is 9.89. The van der Waals surface area contributed by atoms with Crippen LogP contribution in [-0.4, -0.2) is 32.2 Å². The summed E-state index contributed by atoms with van der Waals surface area (Å²) in [5.41, 5.74) is 0.789. The third kappa shape index (κ3) is 6.44. The molecule has 0 aromatic carbocycles. The zero-order valence-electron chi connectivity index (χ0n) is 16.9. The maximum Gasteiger partial charge on any atom is 0.158 e. The van der Waals surface area contributed by atoms with Crippen LogP contribution in [0, 0.1) is 29.1 Å². The van der Waals surface area contributed by atoms with Crippen molar-refractivity contribution in [2.24, 2.45) is 5.92 Å². The molecule has 1 fully saturated rings. The van der Waals surface area contributed by atoms with E-state index in [0.29, 0.717) is 17.6 Å². The summed E-state index contributed by atoms with van der Waals surface area (Å²) in [6, 6.07) is 3.83. The number of hydrogen-bond donors (Lipinski definition) is 3. The van der Waals surface area contributed by atoms with Gasteiger partial charge in [-0.15, -0.1) is 0 Å². The van der Waals surface area contributed by atoms with Gasteiger partial charge in [0.2, 0.25) is 0 Å². The fraction of sp³-hybridized carbons (Fsp3) is 0.455. The van der Waals surface area contributed by atoms with E-state index in [1.165, 1.54) is 44.5 Å². The van der Waals surface area contributed by atoms with E-state index < -0.39 is 5.60 Å². The zero-order valence-corrected chi connectivity index (χ0v) is 16.9. The Labute approximate surface area is 171 Å². The summed E-state index contributed by atoms with van der Waals surface area (Å²) in [4.78, 5) is 12.6. The molecule has 7 heteroatoms. The molecule has 0 saturated heterocycles. The highest BCUT2D eigenvalue weighted by molar-refractivity contribution is 5.65. The Bertz CT molecular complexity index is 925. The van der Waals surface area contributed by atoms with Gasteiger partial charge < -0.3 is 15.7 Å². The van der Waals surface area contributed by atoms with Gasteiger partial charge in [0.05, 0.1) is 23.6 Å². The van der Waals surface area contributed by atoms with Gasteiger partial charge in [-0.3, -0.25) is 0 Å². The summed E-state index contributed by atoms with van der Waals surface area (Å²) in [6.07, 6.45) is 11.0. The van der Waals surface area contributed by atoms with Gasteiger partial charge in [0.1, 0.15) is 23.3 Å². The van der Waals surface area contributed by atoms with E-state index in [2.05, 4.69) is 37.4 Å². The molecule has 0 atom stereocenters. The number of aliphatic hydroxyl groups is 1. The van der Waals surface area contributed by atoms with Crippen LogP contribution < -0.4 is 10.6 Å². The van der Waals surface area contributed by atoms with Crippen molar-refractivity contribution in [1.29, 1.82) is 5.26 Å². The fourth-order valence-corrected chi connectivity index (χ4v) is 3.22. The molecule has 2 aromatic heterocycles. The van der Waals surface area contributed by atoms with Crippen molar-refractivity contribution in [3.05, 3.63) is 35.9 Å². The van der Waals surface area contributed by atoms with Crippen LogP contribution in [0.2, 0.25) is 0 Å². The van der Waals surface area contributed by atoms with Crippen molar-refractivity contribution in [3.8, 4) is 17.9 Å². The molecule has 1 saturated carbocycles. The maximum atomic E-state index is 9.93. The molecule has 2 heterocycles. The van der Waals surface area contributed by atoms with E-state index in [1.807, 2.05) is 12.1 Å². The van der Waals surface area contributed by atoms with Crippen molar-refractivity contribution in [2.45, 2.75) is 51.6 Å². The molecule has 150 valence electrons. The van der Waals surface area contributed by atoms with Gasteiger partial charge in [0.25, 0.3) is 0 Å². The van der Waals surface area contributed by atoms with Crippen LogP contribution in [0.15, 0.2) is 24.7 Å². The van der Waals surface area contributed by atoms with Crippen molar-refractivity contribution >= 4 is 17.3 Å². The Morgan fingerprint density at radius 3 is 2.52 bits per heavy atom. The predicted molar refractivity (Wildman–Crippen MR) is 113 cm³/mol. The largest absolute Gasteiger partial charge is 0.384 e. The van der Waals surface area contributed by atoms with Gasteiger partial charge in [0, 0.05) is 18.8 Å². The lowest BCUT2D eigenvalue weighted by Gasteiger charge is -2.22. The van der Waals surface area contributed by atoms with Gasteiger partial charge in [0.15, 0.2) is 5.69 Å². The average molecular weight is 390 g/mol. The number of nitrogens with one attached hydrogen (secondary N) is 2. The van der Waals surface area contributed by atoms with Crippen LogP contribution in [0.25, 0.3) is 0 Å². The molecule has 0 unspecified atom stereocenters. The Morgan fingerprint density at radius 1 is 1.10 bits per heavy atom. The summed E-state index contributed by atoms with van der Waals surface area (Å²) >= 11 is 0. The second-order valence-corrected chi connectivity index (χ2v) is 7.83. The van der Waals surface area contributed by atoms with Crippen LogP contribution in [0.5, 0.6) is 0 Å². The molecule has 1 aliphatic carbocycles. The zero-order chi connectivity index (χ0) is 20.7. The van der Waals surface area contributed by atoms with Gasteiger partial charge >= 0.3 is 0 Å². The van der Waals surface area contributed by atoms with Crippen LogP contribution >= 0.6 is 0 Å². The van der Waals surface area contributed by atoms with Gasteiger partial charge in [-0.2, -0.15) is 5.26 Å². The second kappa shape index (κ2) is 9.36. The Balaban J connectivity index is 1.80. The topological polar surface area (TPSA) is 107 Å². The minimum Gasteiger partial charge on any atom is -0.384 e. The first kappa shape index (κ1) is 20.6. The highest BCUT2D eigenvalue weighted by Gasteiger charge is 2.14. The second-order valence-electron chi connectivity index (χ2n) is 7.83. The third-order valence-electron chi connectivity index (χ3n) is 4.74. The molecule has 0 spiro atoms. The average Bonchev–Trinajstić information content (AvgIpc) is 2.72. The molecule has 2 aromatic rings. The van der Waals surface area contributed by atoms with Crippen LogP contribution in [0.1, 0.15) is 57.2 Å². The Hall–Kier alpha value is -3.16. The fourth-order valence-electron chi connectivity index (χ4n) is 3.22. The highest BCUT2D eigenvalue weighted by atomic mass is 16.3. The number of nitrogens with zero attached hydrogens (tertiary/aromatic N) is 4. The lowest BCUT2D eigenvalue weighted by Crippen LogP contribution is -2.18.